The molecule has 4 nitrogen and oxygen atoms in total. The van der Waals surface area contributed by atoms with Crippen LogP contribution >= 0.6 is 0 Å². The first-order valence-corrected chi connectivity index (χ1v) is 5.60. The van der Waals surface area contributed by atoms with E-state index in [1.54, 1.807) is 0 Å². The van der Waals surface area contributed by atoms with Crippen molar-refractivity contribution >= 4 is 11.9 Å². The third-order valence-corrected chi connectivity index (χ3v) is 3.05. The van der Waals surface area contributed by atoms with Gasteiger partial charge in [-0.3, -0.25) is 9.69 Å². The zero-order valence-electron chi connectivity index (χ0n) is 10.2. The number of halogens is 2. The molecule has 1 N–H and O–H groups in total. The van der Waals surface area contributed by atoms with Gasteiger partial charge in [0.2, 0.25) is 0 Å². The summed E-state index contributed by atoms with van der Waals surface area (Å²) < 4.78 is 27.0. The number of hydrogen-bond acceptors (Lipinski definition) is 2. The molecule has 1 heterocycles. The number of carbonyl (C=O) groups is 2. The molecule has 1 aliphatic heterocycles. The monoisotopic (exact) mass is 266 g/mol. The van der Waals surface area contributed by atoms with Gasteiger partial charge in [0.05, 0.1) is 0 Å². The first-order valence-electron chi connectivity index (χ1n) is 5.60. The van der Waals surface area contributed by atoms with Crippen LogP contribution in [0.3, 0.4) is 0 Å². The van der Waals surface area contributed by atoms with Gasteiger partial charge in [0.1, 0.15) is 17.2 Å². The van der Waals surface area contributed by atoms with Gasteiger partial charge in [-0.2, -0.15) is 0 Å². The summed E-state index contributed by atoms with van der Waals surface area (Å²) in [5, 5.41) is 2.38. The summed E-state index contributed by atoms with van der Waals surface area (Å²) >= 11 is 0. The van der Waals surface area contributed by atoms with Gasteiger partial charge >= 0.3 is 6.03 Å². The van der Waals surface area contributed by atoms with Crippen LogP contribution in [0.15, 0.2) is 30.9 Å². The van der Waals surface area contributed by atoms with Crippen molar-refractivity contribution in [3.8, 4) is 0 Å². The largest absolute Gasteiger partial charge is 0.325 e. The highest BCUT2D eigenvalue weighted by atomic mass is 19.1. The average molecular weight is 266 g/mol. The fourth-order valence-electron chi connectivity index (χ4n) is 2.06. The van der Waals surface area contributed by atoms with Crippen LogP contribution in [-0.2, 0) is 10.3 Å². The van der Waals surface area contributed by atoms with E-state index in [2.05, 4.69) is 11.9 Å². The number of nitrogens with zero attached hydrogens (tertiary/aromatic N) is 1. The molecule has 3 amide bonds. The van der Waals surface area contributed by atoms with Crippen molar-refractivity contribution in [1.82, 2.24) is 10.2 Å². The van der Waals surface area contributed by atoms with E-state index >= 15 is 0 Å². The van der Waals surface area contributed by atoms with Gasteiger partial charge in [-0.15, -0.1) is 6.58 Å². The van der Waals surface area contributed by atoms with Gasteiger partial charge in [-0.1, -0.05) is 6.08 Å². The zero-order valence-corrected chi connectivity index (χ0v) is 10.2. The average Bonchev–Trinajstić information content (AvgIpc) is 2.57. The number of nitrogens with one attached hydrogen (secondary N) is 1. The van der Waals surface area contributed by atoms with E-state index < -0.39 is 29.1 Å². The number of amides is 3. The summed E-state index contributed by atoms with van der Waals surface area (Å²) in [6.45, 7) is 4.79. The fraction of sp³-hybridized carbons (Fsp3) is 0.231. The number of hydrogen-bond donors (Lipinski definition) is 1. The maximum Gasteiger partial charge on any atom is 0.325 e. The molecule has 19 heavy (non-hydrogen) atoms. The molecule has 0 aromatic heterocycles. The Balaban J connectivity index is 2.49. The molecule has 0 radical (unpaired) electrons. The molecule has 1 unspecified atom stereocenters. The Labute approximate surface area is 108 Å². The van der Waals surface area contributed by atoms with E-state index in [9.17, 15) is 18.4 Å². The molecular weight excluding hydrogens is 254 g/mol. The summed E-state index contributed by atoms with van der Waals surface area (Å²) in [6, 6.07) is 2.12. The van der Waals surface area contributed by atoms with Crippen LogP contribution in [0.1, 0.15) is 12.5 Å². The number of carbonyl (C=O) groups excluding carboxylic acids is 2. The molecule has 1 aliphatic rings. The molecule has 100 valence electrons. The van der Waals surface area contributed by atoms with E-state index in [-0.39, 0.29) is 12.1 Å². The van der Waals surface area contributed by atoms with Crippen molar-refractivity contribution in [1.29, 1.82) is 0 Å². The van der Waals surface area contributed by atoms with Crippen LogP contribution in [0.5, 0.6) is 0 Å². The normalized spacial score (nSPS) is 22.6. The minimum absolute atomic E-state index is 0.0111. The van der Waals surface area contributed by atoms with E-state index in [0.717, 1.165) is 23.1 Å². The minimum atomic E-state index is -1.60. The maximum atomic E-state index is 13.8. The van der Waals surface area contributed by atoms with Gasteiger partial charge in [0.15, 0.2) is 0 Å². The number of rotatable bonds is 3. The number of benzene rings is 1. The third-order valence-electron chi connectivity index (χ3n) is 3.05. The van der Waals surface area contributed by atoms with Crippen LogP contribution in [-0.4, -0.2) is 23.4 Å². The van der Waals surface area contributed by atoms with Gasteiger partial charge in [0, 0.05) is 12.1 Å². The Hall–Kier alpha value is -2.24. The third kappa shape index (κ3) is 1.99. The van der Waals surface area contributed by atoms with Crippen molar-refractivity contribution in [3.05, 3.63) is 48.1 Å². The van der Waals surface area contributed by atoms with Crippen LogP contribution in [0, 0.1) is 11.6 Å². The summed E-state index contributed by atoms with van der Waals surface area (Å²) in [5.74, 6) is -2.07. The quantitative estimate of drug-likeness (QED) is 0.671. The molecule has 1 aromatic rings. The Morgan fingerprint density at radius 3 is 2.74 bits per heavy atom. The Morgan fingerprint density at radius 2 is 2.11 bits per heavy atom. The van der Waals surface area contributed by atoms with Crippen LogP contribution in [0.2, 0.25) is 0 Å². The molecule has 0 spiro atoms. The lowest BCUT2D eigenvalue weighted by Crippen LogP contribution is -2.41. The van der Waals surface area contributed by atoms with E-state index in [1.165, 1.54) is 13.0 Å². The summed E-state index contributed by atoms with van der Waals surface area (Å²) in [6.07, 6.45) is 1.38. The first kappa shape index (κ1) is 13.2. The predicted octanol–water partition coefficient (Wildman–Crippen LogP) is 1.92. The molecule has 1 atom stereocenters. The minimum Gasteiger partial charge on any atom is -0.319 e. The van der Waals surface area contributed by atoms with E-state index in [1.807, 2.05) is 0 Å². The molecule has 1 fully saturated rings. The van der Waals surface area contributed by atoms with Crippen LogP contribution in [0.25, 0.3) is 0 Å². The lowest BCUT2D eigenvalue weighted by atomic mass is 9.91. The second-order valence-corrected chi connectivity index (χ2v) is 4.38. The summed E-state index contributed by atoms with van der Waals surface area (Å²) in [5.41, 5.74) is -1.80. The van der Waals surface area contributed by atoms with Crippen molar-refractivity contribution in [2.75, 3.05) is 6.54 Å². The van der Waals surface area contributed by atoms with Crippen molar-refractivity contribution in [2.24, 2.45) is 0 Å². The topological polar surface area (TPSA) is 49.4 Å². The number of urea groups is 1. The molecule has 2 rings (SSSR count). The van der Waals surface area contributed by atoms with Gasteiger partial charge in [-0.05, 0) is 25.1 Å². The van der Waals surface area contributed by atoms with Gasteiger partial charge < -0.3 is 5.32 Å². The highest BCUT2D eigenvalue weighted by molar-refractivity contribution is 6.07. The highest BCUT2D eigenvalue weighted by Crippen LogP contribution is 2.30. The molecule has 1 saturated heterocycles. The Kier molecular flexibility index (Phi) is 3.09. The zero-order chi connectivity index (χ0) is 14.2. The smallest absolute Gasteiger partial charge is 0.319 e. The fourth-order valence-corrected chi connectivity index (χ4v) is 2.06. The lowest BCUT2D eigenvalue weighted by molar-refractivity contribution is -0.130. The molecule has 1 aromatic carbocycles. The van der Waals surface area contributed by atoms with Gasteiger partial charge in [-0.25, -0.2) is 13.6 Å². The predicted molar refractivity (Wildman–Crippen MR) is 64.2 cm³/mol. The van der Waals surface area contributed by atoms with Crippen LogP contribution < -0.4 is 5.32 Å². The SMILES string of the molecule is C=CCN1C(=O)NC(C)(c2cc(F)ccc2F)C1=O. The highest BCUT2D eigenvalue weighted by Gasteiger charge is 2.49. The standard InChI is InChI=1S/C13H12F2N2O2/c1-3-6-17-11(18)13(2,16-12(17)19)9-7-8(14)4-5-10(9)15/h3-5,7H,1,6H2,2H3,(H,16,19). The van der Waals surface area contributed by atoms with Crippen molar-refractivity contribution < 1.29 is 18.4 Å². The molecule has 6 heteroatoms. The van der Waals surface area contributed by atoms with Gasteiger partial charge in [0.25, 0.3) is 5.91 Å². The first-order chi connectivity index (χ1) is 8.90. The molecule has 0 bridgehead atoms. The number of imide groups is 1. The Morgan fingerprint density at radius 1 is 1.42 bits per heavy atom. The summed E-state index contributed by atoms with van der Waals surface area (Å²) in [7, 11) is 0. The van der Waals surface area contributed by atoms with Crippen LogP contribution in [0.4, 0.5) is 13.6 Å². The maximum absolute atomic E-state index is 13.8. The lowest BCUT2D eigenvalue weighted by Gasteiger charge is -2.22. The van der Waals surface area contributed by atoms with E-state index in [0.29, 0.717) is 0 Å². The molecular formula is C13H12F2N2O2. The molecule has 0 saturated carbocycles. The summed E-state index contributed by atoms with van der Waals surface area (Å²) in [4.78, 5) is 24.8. The van der Waals surface area contributed by atoms with Crippen molar-refractivity contribution in [3.63, 3.8) is 0 Å². The van der Waals surface area contributed by atoms with E-state index in [4.69, 9.17) is 0 Å². The second-order valence-electron chi connectivity index (χ2n) is 4.38. The Bertz CT molecular complexity index is 574. The molecule has 0 aliphatic carbocycles. The second kappa shape index (κ2) is 4.46. The van der Waals surface area contributed by atoms with Crippen molar-refractivity contribution in [2.45, 2.75) is 12.5 Å².